The third kappa shape index (κ3) is 8.04. The number of aromatic hydroxyl groups is 1. The van der Waals surface area contributed by atoms with Crippen molar-refractivity contribution in [2.75, 3.05) is 6.61 Å². The summed E-state index contributed by atoms with van der Waals surface area (Å²) < 4.78 is 24.1. The maximum Gasteiger partial charge on any atom is 0.147 e. The summed E-state index contributed by atoms with van der Waals surface area (Å²) in [5, 5.41) is 15.0. The second-order valence-corrected chi connectivity index (χ2v) is 18.8. The summed E-state index contributed by atoms with van der Waals surface area (Å²) in [6.45, 7) is 24.7. The van der Waals surface area contributed by atoms with E-state index in [0.29, 0.717) is 46.6 Å². The quantitative estimate of drug-likeness (QED) is 0.142. The number of fused-ring (bicyclic) bond motifs is 3. The summed E-state index contributed by atoms with van der Waals surface area (Å²) in [5.74, 6) is 1.11. The minimum Gasteiger partial charge on any atom is -0.505 e. The standard InChI is InChI=1S/C54H60FNO2/c1-12-23-58-52-35(6)24-43(55)31-47(52)46-29-42(54(10,11)32-53(7,8)9)30-50(51(46)57)56-48-27-40(38-17-13-15-36(25-38)33(2)3)19-21-44(48)45-22-20-41(28-49(45)56)39-18-14-16-37(26-39)34(4)5/h13-22,24-31,33-34,57H,12,23,32H2,1-11H3. The van der Waals surface area contributed by atoms with Gasteiger partial charge in [0.15, 0.2) is 0 Å². The van der Waals surface area contributed by atoms with Crippen molar-refractivity contribution in [1.29, 1.82) is 0 Å². The van der Waals surface area contributed by atoms with E-state index in [4.69, 9.17) is 4.74 Å². The van der Waals surface area contributed by atoms with Crippen molar-refractivity contribution in [3.8, 4) is 50.6 Å². The van der Waals surface area contributed by atoms with Crippen LogP contribution >= 0.6 is 0 Å². The number of aromatic nitrogens is 1. The topological polar surface area (TPSA) is 34.4 Å². The van der Waals surface area contributed by atoms with E-state index in [1.807, 2.05) is 6.92 Å². The molecule has 1 N–H and O–H groups in total. The fourth-order valence-electron chi connectivity index (χ4n) is 8.93. The van der Waals surface area contributed by atoms with Gasteiger partial charge in [-0.1, -0.05) is 142 Å². The van der Waals surface area contributed by atoms with Gasteiger partial charge in [0.2, 0.25) is 0 Å². The lowest BCUT2D eigenvalue weighted by atomic mass is 9.71. The van der Waals surface area contributed by atoms with Gasteiger partial charge in [-0.3, -0.25) is 0 Å². The monoisotopic (exact) mass is 773 g/mol. The Balaban J connectivity index is 1.61. The second-order valence-electron chi connectivity index (χ2n) is 18.8. The Morgan fingerprint density at radius 3 is 1.69 bits per heavy atom. The van der Waals surface area contributed by atoms with Crippen LogP contribution in [0, 0.1) is 18.2 Å². The number of hydrogen-bond acceptors (Lipinski definition) is 2. The maximum atomic E-state index is 15.5. The van der Waals surface area contributed by atoms with Gasteiger partial charge < -0.3 is 14.4 Å². The Morgan fingerprint density at radius 1 is 0.655 bits per heavy atom. The van der Waals surface area contributed by atoms with E-state index in [-0.39, 0.29) is 22.4 Å². The van der Waals surface area contributed by atoms with Gasteiger partial charge in [-0.05, 0) is 123 Å². The smallest absolute Gasteiger partial charge is 0.147 e. The van der Waals surface area contributed by atoms with Crippen LogP contribution in [0.25, 0.3) is 60.9 Å². The molecule has 0 aliphatic rings. The lowest BCUT2D eigenvalue weighted by Crippen LogP contribution is -2.25. The van der Waals surface area contributed by atoms with Crippen LogP contribution in [0.3, 0.4) is 0 Å². The van der Waals surface area contributed by atoms with Crippen LogP contribution in [0.15, 0.2) is 109 Å². The number of hydrogen-bond donors (Lipinski definition) is 1. The number of halogens is 1. The third-order valence-electron chi connectivity index (χ3n) is 11.6. The molecule has 0 aliphatic heterocycles. The van der Waals surface area contributed by atoms with E-state index in [1.165, 1.54) is 23.3 Å². The summed E-state index contributed by atoms with van der Waals surface area (Å²) >= 11 is 0. The van der Waals surface area contributed by atoms with Gasteiger partial charge in [0.05, 0.1) is 23.3 Å². The molecule has 0 spiro atoms. The summed E-state index contributed by atoms with van der Waals surface area (Å²) in [7, 11) is 0. The van der Waals surface area contributed by atoms with Crippen molar-refractivity contribution < 1.29 is 14.2 Å². The first kappa shape index (κ1) is 40.8. The van der Waals surface area contributed by atoms with E-state index >= 15 is 4.39 Å². The predicted octanol–water partition coefficient (Wildman–Crippen LogP) is 15.7. The number of rotatable bonds is 11. The number of aryl methyl sites for hydroxylation is 1. The second kappa shape index (κ2) is 15.8. The van der Waals surface area contributed by atoms with Gasteiger partial charge in [0, 0.05) is 21.9 Å². The minimum atomic E-state index is -0.366. The molecule has 4 heteroatoms. The first-order valence-electron chi connectivity index (χ1n) is 21.1. The fraction of sp³-hybridized carbons (Fsp3) is 0.333. The highest BCUT2D eigenvalue weighted by molar-refractivity contribution is 6.11. The molecular formula is C54H60FNO2. The molecule has 0 unspecified atom stereocenters. The largest absolute Gasteiger partial charge is 0.505 e. The Labute approximate surface area is 345 Å². The van der Waals surface area contributed by atoms with Gasteiger partial charge in [-0.15, -0.1) is 0 Å². The molecule has 0 saturated heterocycles. The highest BCUT2D eigenvalue weighted by atomic mass is 19.1. The SMILES string of the molecule is CCCOc1c(C)cc(F)cc1-c1cc(C(C)(C)CC(C)(C)C)cc(-n2c3cc(-c4cccc(C(C)C)c4)ccc3c3ccc(-c4cccc(C(C)C)c4)cc32)c1O. The average molecular weight is 774 g/mol. The lowest BCUT2D eigenvalue weighted by Gasteiger charge is -2.34. The Kier molecular flexibility index (Phi) is 11.1. The highest BCUT2D eigenvalue weighted by Crippen LogP contribution is 2.48. The molecule has 0 saturated carbocycles. The van der Waals surface area contributed by atoms with E-state index in [1.54, 1.807) is 0 Å². The summed E-state index contributed by atoms with van der Waals surface area (Å²) in [5.41, 5.74) is 12.3. The number of ether oxygens (including phenoxy) is 1. The number of benzene rings is 6. The molecule has 300 valence electrons. The van der Waals surface area contributed by atoms with Crippen molar-refractivity contribution in [2.45, 2.75) is 106 Å². The molecule has 7 rings (SSSR count). The Bertz CT molecular complexity index is 2530. The normalized spacial score (nSPS) is 12.4. The van der Waals surface area contributed by atoms with Crippen molar-refractivity contribution >= 4 is 21.8 Å². The van der Waals surface area contributed by atoms with Crippen LogP contribution in [-0.2, 0) is 5.41 Å². The van der Waals surface area contributed by atoms with Crippen molar-refractivity contribution in [3.05, 3.63) is 137 Å². The first-order valence-corrected chi connectivity index (χ1v) is 21.1. The molecular weight excluding hydrogens is 714 g/mol. The van der Waals surface area contributed by atoms with Gasteiger partial charge in [0.25, 0.3) is 0 Å². The molecule has 7 aromatic rings. The van der Waals surface area contributed by atoms with Crippen LogP contribution < -0.4 is 4.74 Å². The summed E-state index contributed by atoms with van der Waals surface area (Å²) in [6.07, 6.45) is 1.70. The molecule has 0 radical (unpaired) electrons. The van der Waals surface area contributed by atoms with Crippen LogP contribution in [0.1, 0.15) is 116 Å². The molecule has 1 heterocycles. The maximum absolute atomic E-state index is 15.5. The molecule has 58 heavy (non-hydrogen) atoms. The van der Waals surface area contributed by atoms with Crippen molar-refractivity contribution in [1.82, 2.24) is 4.57 Å². The molecule has 0 aliphatic carbocycles. The van der Waals surface area contributed by atoms with Crippen LogP contribution in [0.5, 0.6) is 11.5 Å². The number of nitrogens with zero attached hydrogens (tertiary/aromatic N) is 1. The van der Waals surface area contributed by atoms with E-state index in [9.17, 15) is 5.11 Å². The van der Waals surface area contributed by atoms with Gasteiger partial charge >= 0.3 is 0 Å². The minimum absolute atomic E-state index is 0.0260. The zero-order valence-electron chi connectivity index (χ0n) is 36.3. The summed E-state index contributed by atoms with van der Waals surface area (Å²) in [6, 6.07) is 38.3. The highest BCUT2D eigenvalue weighted by Gasteiger charge is 2.31. The zero-order valence-corrected chi connectivity index (χ0v) is 36.3. The van der Waals surface area contributed by atoms with Gasteiger partial charge in [-0.2, -0.15) is 0 Å². The van der Waals surface area contributed by atoms with Crippen LogP contribution in [0.4, 0.5) is 4.39 Å². The molecule has 3 nitrogen and oxygen atoms in total. The molecule has 1 aromatic heterocycles. The number of phenols is 1. The van der Waals surface area contributed by atoms with Gasteiger partial charge in [0.1, 0.15) is 17.3 Å². The Morgan fingerprint density at radius 2 is 1.19 bits per heavy atom. The molecule has 0 amide bonds. The third-order valence-corrected chi connectivity index (χ3v) is 11.6. The van der Waals surface area contributed by atoms with E-state index < -0.39 is 0 Å². The average Bonchev–Trinajstić information content (AvgIpc) is 3.49. The van der Waals surface area contributed by atoms with E-state index in [2.05, 4.69) is 171 Å². The molecule has 6 aromatic carbocycles. The van der Waals surface area contributed by atoms with Crippen LogP contribution in [0.2, 0.25) is 0 Å². The molecule has 0 atom stereocenters. The number of phenolic OH excluding ortho intramolecular Hbond substituents is 1. The zero-order chi connectivity index (χ0) is 41.7. The van der Waals surface area contributed by atoms with Crippen LogP contribution in [-0.4, -0.2) is 16.3 Å². The van der Waals surface area contributed by atoms with Gasteiger partial charge in [-0.25, -0.2) is 4.39 Å². The first-order chi connectivity index (χ1) is 27.5. The molecule has 0 fully saturated rings. The fourth-order valence-corrected chi connectivity index (χ4v) is 8.93. The van der Waals surface area contributed by atoms with Crippen molar-refractivity contribution in [2.24, 2.45) is 5.41 Å². The summed E-state index contributed by atoms with van der Waals surface area (Å²) in [4.78, 5) is 0. The molecule has 0 bridgehead atoms. The van der Waals surface area contributed by atoms with Crippen molar-refractivity contribution in [3.63, 3.8) is 0 Å². The Hall–Kier alpha value is -5.35. The van der Waals surface area contributed by atoms with E-state index in [0.717, 1.165) is 62.5 Å². The lowest BCUT2D eigenvalue weighted by molar-refractivity contribution is 0.284. The predicted molar refractivity (Wildman–Crippen MR) is 245 cm³/mol.